The van der Waals surface area contributed by atoms with E-state index in [2.05, 4.69) is 9.88 Å². The minimum atomic E-state index is -3.86. The molecule has 0 radical (unpaired) electrons. The number of anilines is 1. The number of nitrogens with one attached hydrogen (secondary N) is 1. The zero-order valence-corrected chi connectivity index (χ0v) is 13.4. The van der Waals surface area contributed by atoms with Gasteiger partial charge in [0.2, 0.25) is 10.0 Å². The fourth-order valence-electron chi connectivity index (χ4n) is 2.27. The molecule has 0 saturated carbocycles. The fraction of sp³-hybridized carbons (Fsp3) is 0.308. The van der Waals surface area contributed by atoms with E-state index in [1.54, 1.807) is 26.8 Å². The van der Waals surface area contributed by atoms with Crippen LogP contribution in [0.5, 0.6) is 0 Å². The summed E-state index contributed by atoms with van der Waals surface area (Å²) in [5.41, 5.74) is 7.16. The van der Waals surface area contributed by atoms with Crippen molar-refractivity contribution >= 4 is 27.3 Å². The van der Waals surface area contributed by atoms with Crippen molar-refractivity contribution in [3.8, 4) is 0 Å². The number of halogens is 1. The highest BCUT2D eigenvalue weighted by atomic mass is 35.5. The van der Waals surface area contributed by atoms with Crippen LogP contribution < -0.4 is 10.5 Å². The number of sulfonamides is 1. The van der Waals surface area contributed by atoms with Gasteiger partial charge in [-0.3, -0.25) is 0 Å². The number of nitrogens with two attached hydrogens (primary N) is 1. The van der Waals surface area contributed by atoms with Gasteiger partial charge in [0.1, 0.15) is 10.7 Å². The average molecular weight is 330 g/mol. The van der Waals surface area contributed by atoms with Gasteiger partial charge in [0.25, 0.3) is 0 Å². The van der Waals surface area contributed by atoms with E-state index >= 15 is 0 Å². The minimum absolute atomic E-state index is 0.0773. The number of aromatic nitrogens is 1. The third kappa shape index (κ3) is 3.04. The van der Waals surface area contributed by atoms with E-state index in [1.807, 2.05) is 0 Å². The molecule has 2 aromatic rings. The molecule has 1 heterocycles. The fourth-order valence-corrected chi connectivity index (χ4v) is 4.16. The van der Waals surface area contributed by atoms with E-state index in [0.717, 1.165) is 0 Å². The second kappa shape index (κ2) is 5.67. The van der Waals surface area contributed by atoms with Gasteiger partial charge < -0.3 is 10.3 Å². The Balaban J connectivity index is 2.39. The van der Waals surface area contributed by atoms with Crippen LogP contribution in [0.2, 0.25) is 5.02 Å². The van der Waals surface area contributed by atoms with Crippen molar-refractivity contribution in [1.82, 2.24) is 9.88 Å². The molecule has 0 spiro atoms. The molecule has 1 aromatic heterocycles. The Morgan fingerprint density at radius 1 is 1.38 bits per heavy atom. The number of rotatable bonds is 4. The lowest BCUT2D eigenvalue weighted by Crippen LogP contribution is -2.28. The van der Waals surface area contributed by atoms with Crippen molar-refractivity contribution < 1.29 is 12.9 Å². The van der Waals surface area contributed by atoms with Crippen molar-refractivity contribution in [2.75, 3.05) is 5.73 Å². The van der Waals surface area contributed by atoms with Crippen molar-refractivity contribution in [2.45, 2.75) is 31.7 Å². The molecule has 0 fully saturated rings. The van der Waals surface area contributed by atoms with Gasteiger partial charge in [-0.25, -0.2) is 13.1 Å². The smallest absolute Gasteiger partial charge is 0.244 e. The third-order valence-corrected chi connectivity index (χ3v) is 5.20. The molecule has 2 rings (SSSR count). The minimum Gasteiger partial charge on any atom is -0.398 e. The van der Waals surface area contributed by atoms with Gasteiger partial charge in [0.05, 0.1) is 16.4 Å². The van der Waals surface area contributed by atoms with E-state index in [4.69, 9.17) is 21.9 Å². The van der Waals surface area contributed by atoms with E-state index in [9.17, 15) is 8.42 Å². The summed E-state index contributed by atoms with van der Waals surface area (Å²) in [6, 6.07) is 4.04. The molecule has 8 heteroatoms. The number of benzene rings is 1. The first kappa shape index (κ1) is 15.8. The summed E-state index contributed by atoms with van der Waals surface area (Å²) in [5, 5.41) is 3.89. The molecule has 6 nitrogen and oxygen atoms in total. The van der Waals surface area contributed by atoms with Crippen LogP contribution in [0.4, 0.5) is 5.69 Å². The maximum Gasteiger partial charge on any atom is 0.244 e. The lowest BCUT2D eigenvalue weighted by atomic mass is 10.1. The third-order valence-electron chi connectivity index (χ3n) is 3.12. The van der Waals surface area contributed by atoms with Crippen LogP contribution >= 0.6 is 11.6 Å². The second-order valence-electron chi connectivity index (χ2n) is 4.74. The number of aryl methyl sites for hydroxylation is 2. The van der Waals surface area contributed by atoms with Gasteiger partial charge in [0, 0.05) is 11.6 Å². The summed E-state index contributed by atoms with van der Waals surface area (Å²) in [7, 11) is -3.86. The largest absolute Gasteiger partial charge is 0.398 e. The summed E-state index contributed by atoms with van der Waals surface area (Å²) < 4.78 is 32.5. The molecular weight excluding hydrogens is 314 g/mol. The molecule has 1 unspecified atom stereocenters. The average Bonchev–Trinajstić information content (AvgIpc) is 2.67. The van der Waals surface area contributed by atoms with Gasteiger partial charge in [-0.05, 0) is 32.9 Å². The van der Waals surface area contributed by atoms with Crippen LogP contribution in [0, 0.1) is 13.8 Å². The van der Waals surface area contributed by atoms with E-state index in [-0.39, 0.29) is 15.6 Å². The second-order valence-corrected chi connectivity index (χ2v) is 6.80. The predicted molar refractivity (Wildman–Crippen MR) is 80.6 cm³/mol. The first-order chi connectivity index (χ1) is 9.74. The Hall–Kier alpha value is -1.57. The Morgan fingerprint density at radius 2 is 2.05 bits per heavy atom. The van der Waals surface area contributed by atoms with Crippen molar-refractivity contribution in [3.05, 3.63) is 40.2 Å². The molecular formula is C13H16ClN3O3S. The summed E-state index contributed by atoms with van der Waals surface area (Å²) in [4.78, 5) is -0.120. The SMILES string of the molecule is Cc1noc(C)c1C(C)NS(=O)(=O)c1c(N)cccc1Cl. The van der Waals surface area contributed by atoms with Crippen LogP contribution in [0.1, 0.15) is 30.0 Å². The zero-order valence-electron chi connectivity index (χ0n) is 11.8. The molecule has 0 amide bonds. The van der Waals surface area contributed by atoms with Gasteiger partial charge in [-0.2, -0.15) is 0 Å². The molecule has 21 heavy (non-hydrogen) atoms. The van der Waals surface area contributed by atoms with E-state index < -0.39 is 16.1 Å². The summed E-state index contributed by atoms with van der Waals surface area (Å²) in [6.45, 7) is 5.18. The maximum atomic E-state index is 12.5. The standard InChI is InChI=1S/C13H16ClN3O3S/c1-7-12(9(3)20-16-7)8(2)17-21(18,19)13-10(14)5-4-6-11(13)15/h4-6,8,17H,15H2,1-3H3. The van der Waals surface area contributed by atoms with E-state index in [1.165, 1.54) is 12.1 Å². The van der Waals surface area contributed by atoms with Crippen LogP contribution in [0.3, 0.4) is 0 Å². The molecule has 0 saturated heterocycles. The molecule has 1 aromatic carbocycles. The first-order valence-electron chi connectivity index (χ1n) is 6.23. The van der Waals surface area contributed by atoms with Crippen LogP contribution in [-0.2, 0) is 10.0 Å². The highest BCUT2D eigenvalue weighted by molar-refractivity contribution is 7.89. The van der Waals surface area contributed by atoms with Gasteiger partial charge in [-0.1, -0.05) is 22.8 Å². The van der Waals surface area contributed by atoms with E-state index in [0.29, 0.717) is 17.0 Å². The Kier molecular flexibility index (Phi) is 4.27. The zero-order chi connectivity index (χ0) is 15.8. The molecule has 1 atom stereocenters. The number of nitrogens with zero attached hydrogens (tertiary/aromatic N) is 1. The number of hydrogen-bond donors (Lipinski definition) is 2. The quantitative estimate of drug-likeness (QED) is 0.840. The molecule has 0 aliphatic heterocycles. The van der Waals surface area contributed by atoms with Crippen LogP contribution in [-0.4, -0.2) is 13.6 Å². The van der Waals surface area contributed by atoms with Crippen molar-refractivity contribution in [2.24, 2.45) is 0 Å². The Bertz CT molecular complexity index is 731. The lowest BCUT2D eigenvalue weighted by molar-refractivity contribution is 0.391. The molecule has 0 aliphatic rings. The van der Waals surface area contributed by atoms with Gasteiger partial charge >= 0.3 is 0 Å². The molecule has 3 N–H and O–H groups in total. The maximum absolute atomic E-state index is 12.5. The molecule has 114 valence electrons. The monoisotopic (exact) mass is 329 g/mol. The van der Waals surface area contributed by atoms with Crippen molar-refractivity contribution in [3.63, 3.8) is 0 Å². The summed E-state index contributed by atoms with van der Waals surface area (Å²) >= 11 is 5.95. The van der Waals surface area contributed by atoms with Gasteiger partial charge in [0.15, 0.2) is 0 Å². The van der Waals surface area contributed by atoms with Crippen LogP contribution in [0.25, 0.3) is 0 Å². The van der Waals surface area contributed by atoms with Crippen molar-refractivity contribution in [1.29, 1.82) is 0 Å². The summed E-state index contributed by atoms with van der Waals surface area (Å²) in [6.07, 6.45) is 0. The molecule has 0 bridgehead atoms. The topological polar surface area (TPSA) is 98.2 Å². The highest BCUT2D eigenvalue weighted by Crippen LogP contribution is 2.29. The molecule has 0 aliphatic carbocycles. The number of hydrogen-bond acceptors (Lipinski definition) is 5. The first-order valence-corrected chi connectivity index (χ1v) is 8.09. The van der Waals surface area contributed by atoms with Crippen LogP contribution in [0.15, 0.2) is 27.6 Å². The normalized spacial score (nSPS) is 13.3. The highest BCUT2D eigenvalue weighted by Gasteiger charge is 2.26. The Morgan fingerprint density at radius 3 is 2.57 bits per heavy atom. The Labute approximate surface area is 128 Å². The van der Waals surface area contributed by atoms with Gasteiger partial charge in [-0.15, -0.1) is 0 Å². The predicted octanol–water partition coefficient (Wildman–Crippen LogP) is 2.57. The lowest BCUT2D eigenvalue weighted by Gasteiger charge is -2.16. The number of nitrogen functional groups attached to an aromatic ring is 1. The summed E-state index contributed by atoms with van der Waals surface area (Å²) in [5.74, 6) is 0.565.